The molecule has 0 fully saturated rings. The molecule has 0 aliphatic carbocycles. The average Bonchev–Trinajstić information content (AvgIpc) is 2.83. The van der Waals surface area contributed by atoms with Gasteiger partial charge in [-0.05, 0) is 80.6 Å². The van der Waals surface area contributed by atoms with Crippen molar-refractivity contribution in [2.45, 2.75) is 59.7 Å². The van der Waals surface area contributed by atoms with Gasteiger partial charge in [0.15, 0.2) is 6.61 Å². The van der Waals surface area contributed by atoms with Crippen molar-refractivity contribution in [3.8, 4) is 5.75 Å². The van der Waals surface area contributed by atoms with Crippen molar-refractivity contribution < 1.29 is 14.3 Å². The van der Waals surface area contributed by atoms with Gasteiger partial charge >= 0.3 is 0 Å². The van der Waals surface area contributed by atoms with E-state index in [-0.39, 0.29) is 31.0 Å². The normalized spacial score (nSPS) is 11.8. The largest absolute Gasteiger partial charge is 0.483 e. The highest BCUT2D eigenvalue weighted by molar-refractivity contribution is 6.30. The monoisotopic (exact) mass is 506 g/mol. The van der Waals surface area contributed by atoms with Crippen molar-refractivity contribution in [3.63, 3.8) is 0 Å². The highest BCUT2D eigenvalue weighted by Crippen LogP contribution is 2.24. The van der Waals surface area contributed by atoms with E-state index < -0.39 is 6.04 Å². The topological polar surface area (TPSA) is 58.6 Å². The van der Waals surface area contributed by atoms with Crippen molar-refractivity contribution >= 4 is 23.4 Å². The Kier molecular flexibility index (Phi) is 9.54. The second kappa shape index (κ2) is 12.6. The molecule has 1 N–H and O–H groups in total. The number of nitrogens with zero attached hydrogens (tertiary/aromatic N) is 1. The van der Waals surface area contributed by atoms with Crippen LogP contribution in [0.2, 0.25) is 5.02 Å². The van der Waals surface area contributed by atoms with Gasteiger partial charge < -0.3 is 15.0 Å². The molecule has 0 aliphatic heterocycles. The number of nitrogens with one attached hydrogen (secondary N) is 1. The maximum Gasteiger partial charge on any atom is 0.261 e. The molecule has 0 aliphatic rings. The minimum Gasteiger partial charge on any atom is -0.483 e. The van der Waals surface area contributed by atoms with E-state index in [0.29, 0.717) is 17.2 Å². The van der Waals surface area contributed by atoms with Crippen LogP contribution in [0.1, 0.15) is 41.7 Å². The van der Waals surface area contributed by atoms with Gasteiger partial charge in [0, 0.05) is 24.0 Å². The molecule has 3 aromatic carbocycles. The molecule has 0 aromatic heterocycles. The van der Waals surface area contributed by atoms with Crippen LogP contribution in [-0.4, -0.2) is 35.4 Å². The third-order valence-electron chi connectivity index (χ3n) is 6.08. The smallest absolute Gasteiger partial charge is 0.261 e. The van der Waals surface area contributed by atoms with Gasteiger partial charge in [-0.1, -0.05) is 60.1 Å². The minimum atomic E-state index is -0.707. The van der Waals surface area contributed by atoms with E-state index in [1.165, 1.54) is 0 Å². The van der Waals surface area contributed by atoms with Crippen LogP contribution in [0.15, 0.2) is 66.7 Å². The van der Waals surface area contributed by atoms with Crippen molar-refractivity contribution in [2.24, 2.45) is 0 Å². The zero-order chi connectivity index (χ0) is 26.2. The Morgan fingerprint density at radius 2 is 1.61 bits per heavy atom. The molecule has 0 spiro atoms. The minimum absolute atomic E-state index is 0.0579. The number of aryl methyl sites for hydroxylation is 2. The molecule has 5 nitrogen and oxygen atoms in total. The second-order valence-electron chi connectivity index (χ2n) is 9.51. The first kappa shape index (κ1) is 27.3. The summed E-state index contributed by atoms with van der Waals surface area (Å²) in [4.78, 5) is 28.7. The first-order valence-electron chi connectivity index (χ1n) is 12.2. The maximum absolute atomic E-state index is 13.7. The van der Waals surface area contributed by atoms with Gasteiger partial charge in [0.2, 0.25) is 5.91 Å². The number of carbonyl (C=O) groups is 2. The number of hydrogen-bond donors (Lipinski definition) is 1. The molecular formula is C30H35ClN2O3. The fraction of sp³-hybridized carbons (Fsp3) is 0.333. The summed E-state index contributed by atoms with van der Waals surface area (Å²) >= 11 is 6.08. The Labute approximate surface area is 219 Å². The fourth-order valence-corrected chi connectivity index (χ4v) is 4.22. The summed E-state index contributed by atoms with van der Waals surface area (Å²) < 4.78 is 6.02. The van der Waals surface area contributed by atoms with E-state index in [1.54, 1.807) is 17.0 Å². The van der Waals surface area contributed by atoms with Crippen LogP contribution >= 0.6 is 11.6 Å². The summed E-state index contributed by atoms with van der Waals surface area (Å²) in [6, 6.07) is 20.3. The molecule has 0 bridgehead atoms. The van der Waals surface area contributed by atoms with Crippen molar-refractivity contribution in [1.29, 1.82) is 0 Å². The van der Waals surface area contributed by atoms with Crippen LogP contribution in [0.3, 0.4) is 0 Å². The molecule has 3 rings (SSSR count). The van der Waals surface area contributed by atoms with Crippen LogP contribution in [0, 0.1) is 20.8 Å². The van der Waals surface area contributed by atoms with Crippen molar-refractivity contribution in [2.75, 3.05) is 6.61 Å². The molecular weight excluding hydrogens is 472 g/mol. The van der Waals surface area contributed by atoms with Crippen LogP contribution < -0.4 is 10.1 Å². The lowest BCUT2D eigenvalue weighted by molar-refractivity contribution is -0.143. The summed E-state index contributed by atoms with van der Waals surface area (Å²) in [6.07, 6.45) is 0.390. The summed E-state index contributed by atoms with van der Waals surface area (Å²) in [5, 5.41) is 3.61. The zero-order valence-corrected chi connectivity index (χ0v) is 22.4. The highest BCUT2D eigenvalue weighted by Gasteiger charge is 2.31. The first-order valence-corrected chi connectivity index (χ1v) is 12.6. The van der Waals surface area contributed by atoms with Crippen molar-refractivity contribution in [3.05, 3.63) is 99.6 Å². The average molecular weight is 507 g/mol. The van der Waals surface area contributed by atoms with Gasteiger partial charge in [0.05, 0.1) is 0 Å². The molecule has 0 saturated heterocycles. The molecule has 2 amide bonds. The predicted molar refractivity (Wildman–Crippen MR) is 145 cm³/mol. The molecule has 0 heterocycles. The van der Waals surface area contributed by atoms with Crippen LogP contribution in [0.4, 0.5) is 0 Å². The number of halogens is 1. The third-order valence-corrected chi connectivity index (χ3v) is 6.34. The van der Waals surface area contributed by atoms with Gasteiger partial charge in [-0.2, -0.15) is 0 Å². The summed E-state index contributed by atoms with van der Waals surface area (Å²) in [7, 11) is 0. The Balaban J connectivity index is 1.93. The predicted octanol–water partition coefficient (Wildman–Crippen LogP) is 5.81. The van der Waals surface area contributed by atoms with Crippen molar-refractivity contribution in [1.82, 2.24) is 10.2 Å². The van der Waals surface area contributed by atoms with E-state index in [0.717, 1.165) is 27.8 Å². The van der Waals surface area contributed by atoms with Gasteiger partial charge in [0.25, 0.3) is 5.91 Å². The van der Waals surface area contributed by atoms with E-state index in [2.05, 4.69) is 11.4 Å². The lowest BCUT2D eigenvalue weighted by Gasteiger charge is -2.32. The Morgan fingerprint density at radius 1 is 0.944 bits per heavy atom. The SMILES string of the molecule is Cc1cc(C)c(C)c(OCC(=O)N(Cc2ccc(Cl)cc2)[C@H](Cc2ccccc2)C(=O)NC(C)C)c1. The Hall–Kier alpha value is -3.31. The number of ether oxygens (including phenoxy) is 1. The number of amides is 2. The summed E-state index contributed by atoms with van der Waals surface area (Å²) in [5.41, 5.74) is 5.02. The highest BCUT2D eigenvalue weighted by atomic mass is 35.5. The number of rotatable bonds is 10. The molecule has 0 unspecified atom stereocenters. The fourth-order valence-electron chi connectivity index (χ4n) is 4.09. The summed E-state index contributed by atoms with van der Waals surface area (Å²) in [5.74, 6) is 0.223. The van der Waals surface area contributed by atoms with E-state index in [4.69, 9.17) is 16.3 Å². The van der Waals surface area contributed by atoms with Gasteiger partial charge in [-0.25, -0.2) is 0 Å². The lowest BCUT2D eigenvalue weighted by atomic mass is 10.0. The van der Waals surface area contributed by atoms with Gasteiger partial charge in [-0.15, -0.1) is 0 Å². The number of hydrogen-bond acceptors (Lipinski definition) is 3. The van der Waals surface area contributed by atoms with Crippen LogP contribution in [0.5, 0.6) is 5.75 Å². The molecule has 0 saturated carbocycles. The second-order valence-corrected chi connectivity index (χ2v) is 9.95. The Bertz CT molecular complexity index is 1180. The quantitative estimate of drug-likeness (QED) is 0.377. The maximum atomic E-state index is 13.7. The van der Waals surface area contributed by atoms with Crippen LogP contribution in [0.25, 0.3) is 0 Å². The first-order chi connectivity index (χ1) is 17.1. The van der Waals surface area contributed by atoms with E-state index in [1.807, 2.05) is 83.1 Å². The number of carbonyl (C=O) groups excluding carboxylic acids is 2. The van der Waals surface area contributed by atoms with Gasteiger partial charge in [0.1, 0.15) is 11.8 Å². The van der Waals surface area contributed by atoms with E-state index >= 15 is 0 Å². The van der Waals surface area contributed by atoms with Crippen LogP contribution in [-0.2, 0) is 22.6 Å². The third kappa shape index (κ3) is 7.59. The lowest BCUT2D eigenvalue weighted by Crippen LogP contribution is -2.52. The molecule has 6 heteroatoms. The number of benzene rings is 3. The molecule has 36 heavy (non-hydrogen) atoms. The molecule has 0 radical (unpaired) electrons. The van der Waals surface area contributed by atoms with E-state index in [9.17, 15) is 9.59 Å². The molecule has 190 valence electrons. The Morgan fingerprint density at radius 3 is 2.25 bits per heavy atom. The summed E-state index contributed by atoms with van der Waals surface area (Å²) in [6.45, 7) is 9.92. The van der Waals surface area contributed by atoms with Gasteiger partial charge in [-0.3, -0.25) is 9.59 Å². The standard InChI is InChI=1S/C30H35ClN2O3/c1-20(2)32-30(35)27(17-24-9-7-6-8-10-24)33(18-25-11-13-26(31)14-12-25)29(34)19-36-28-16-21(3)15-22(4)23(28)5/h6-16,20,27H,17-19H2,1-5H3,(H,32,35)/t27-/m1/s1. The zero-order valence-electron chi connectivity index (χ0n) is 21.7. The molecule has 1 atom stereocenters. The molecule has 3 aromatic rings.